The summed E-state index contributed by atoms with van der Waals surface area (Å²) in [6.07, 6.45) is 0. The highest BCUT2D eigenvalue weighted by molar-refractivity contribution is 5.82. The molecule has 1 aromatic rings. The Labute approximate surface area is 99.3 Å². The molecule has 0 saturated heterocycles. The number of aliphatic hydroxyl groups excluding tert-OH is 1. The van der Waals surface area contributed by atoms with E-state index in [1.165, 1.54) is 0 Å². The molecule has 0 bridgehead atoms. The van der Waals surface area contributed by atoms with Gasteiger partial charge in [0.1, 0.15) is 13.2 Å². The van der Waals surface area contributed by atoms with E-state index >= 15 is 0 Å². The first-order chi connectivity index (χ1) is 8.06. The molecule has 2 N–H and O–H groups in total. The lowest BCUT2D eigenvalue weighted by molar-refractivity contribution is -0.147. The number of carbonyl (C=O) groups excluding carboxylic acids is 1. The van der Waals surface area contributed by atoms with E-state index in [-0.39, 0.29) is 6.04 Å². The van der Waals surface area contributed by atoms with E-state index in [4.69, 9.17) is 10.2 Å². The van der Waals surface area contributed by atoms with Crippen molar-refractivity contribution in [3.63, 3.8) is 0 Å². The third-order valence-electron chi connectivity index (χ3n) is 2.51. The van der Waals surface area contributed by atoms with Crippen LogP contribution in [0.25, 0.3) is 0 Å². The molecule has 92 valence electrons. The lowest BCUT2D eigenvalue weighted by Gasteiger charge is -2.27. The second-order valence-electron chi connectivity index (χ2n) is 3.66. The Hall–Kier alpha value is -1.88. The summed E-state index contributed by atoms with van der Waals surface area (Å²) in [5.74, 6) is -1.70. The average Bonchev–Trinajstić information content (AvgIpc) is 2.35. The van der Waals surface area contributed by atoms with E-state index in [0.717, 1.165) is 10.5 Å². The first kappa shape index (κ1) is 13.2. The van der Waals surface area contributed by atoms with Gasteiger partial charge in [-0.05, 0) is 12.5 Å². The van der Waals surface area contributed by atoms with Crippen molar-refractivity contribution in [2.45, 2.75) is 13.0 Å². The van der Waals surface area contributed by atoms with Gasteiger partial charge >= 0.3 is 5.97 Å². The molecular formula is C12H15NO4. The van der Waals surface area contributed by atoms with Gasteiger partial charge in [-0.25, -0.2) is 0 Å². The smallest absolute Gasteiger partial charge is 0.323 e. The highest BCUT2D eigenvalue weighted by Gasteiger charge is 2.22. The summed E-state index contributed by atoms with van der Waals surface area (Å²) in [7, 11) is 0. The Morgan fingerprint density at radius 3 is 2.35 bits per heavy atom. The summed E-state index contributed by atoms with van der Waals surface area (Å²) in [4.78, 5) is 23.3. The third kappa shape index (κ3) is 3.57. The molecule has 0 aliphatic heterocycles. The van der Waals surface area contributed by atoms with E-state index in [0.29, 0.717) is 0 Å². The summed E-state index contributed by atoms with van der Waals surface area (Å²) >= 11 is 0. The average molecular weight is 237 g/mol. The van der Waals surface area contributed by atoms with Gasteiger partial charge in [0.05, 0.1) is 6.04 Å². The summed E-state index contributed by atoms with van der Waals surface area (Å²) < 4.78 is 0. The van der Waals surface area contributed by atoms with Gasteiger partial charge in [-0.15, -0.1) is 0 Å². The molecule has 0 radical (unpaired) electrons. The molecule has 0 fully saturated rings. The van der Waals surface area contributed by atoms with Crippen LogP contribution in [0.2, 0.25) is 0 Å². The van der Waals surface area contributed by atoms with Crippen molar-refractivity contribution in [1.82, 2.24) is 4.90 Å². The number of carboxylic acid groups (broad SMARTS) is 1. The number of benzene rings is 1. The molecule has 17 heavy (non-hydrogen) atoms. The number of aliphatic hydroxyl groups is 1. The quantitative estimate of drug-likeness (QED) is 0.788. The molecular weight excluding hydrogens is 222 g/mol. The number of hydrogen-bond acceptors (Lipinski definition) is 3. The number of rotatable bonds is 5. The van der Waals surface area contributed by atoms with Crippen LogP contribution < -0.4 is 0 Å². The molecule has 0 aromatic heterocycles. The Morgan fingerprint density at radius 1 is 1.29 bits per heavy atom. The van der Waals surface area contributed by atoms with Gasteiger partial charge in [0, 0.05) is 0 Å². The van der Waals surface area contributed by atoms with Crippen LogP contribution in [0.3, 0.4) is 0 Å². The Balaban J connectivity index is 2.90. The monoisotopic (exact) mass is 237 g/mol. The number of nitrogens with zero attached hydrogens (tertiary/aromatic N) is 1. The zero-order valence-electron chi connectivity index (χ0n) is 9.54. The fourth-order valence-electron chi connectivity index (χ4n) is 1.59. The molecule has 1 atom stereocenters. The molecule has 0 aliphatic carbocycles. The van der Waals surface area contributed by atoms with Crippen molar-refractivity contribution in [1.29, 1.82) is 0 Å². The molecule has 5 nitrogen and oxygen atoms in total. The fraction of sp³-hybridized carbons (Fsp3) is 0.333. The molecule has 0 spiro atoms. The molecule has 5 heteroatoms. The molecule has 1 unspecified atom stereocenters. The van der Waals surface area contributed by atoms with E-state index < -0.39 is 25.0 Å². The van der Waals surface area contributed by atoms with Crippen molar-refractivity contribution >= 4 is 11.9 Å². The van der Waals surface area contributed by atoms with E-state index in [2.05, 4.69) is 0 Å². The van der Waals surface area contributed by atoms with E-state index in [1.807, 2.05) is 30.3 Å². The first-order valence-electron chi connectivity index (χ1n) is 5.23. The topological polar surface area (TPSA) is 77.8 Å². The van der Waals surface area contributed by atoms with Crippen molar-refractivity contribution < 1.29 is 19.8 Å². The van der Waals surface area contributed by atoms with Crippen LogP contribution in [0.1, 0.15) is 18.5 Å². The van der Waals surface area contributed by atoms with Gasteiger partial charge in [-0.2, -0.15) is 0 Å². The second kappa shape index (κ2) is 6.00. The zero-order valence-corrected chi connectivity index (χ0v) is 9.54. The molecule has 0 saturated carbocycles. The van der Waals surface area contributed by atoms with E-state index in [1.54, 1.807) is 6.92 Å². The molecule has 1 aromatic carbocycles. The van der Waals surface area contributed by atoms with E-state index in [9.17, 15) is 9.59 Å². The molecule has 1 rings (SSSR count). The Kier molecular flexibility index (Phi) is 4.66. The lowest BCUT2D eigenvalue weighted by atomic mass is 10.1. The highest BCUT2D eigenvalue weighted by Crippen LogP contribution is 2.19. The zero-order chi connectivity index (χ0) is 12.8. The van der Waals surface area contributed by atoms with Crippen LogP contribution in [0, 0.1) is 0 Å². The Bertz CT molecular complexity index is 391. The van der Waals surface area contributed by atoms with Gasteiger partial charge in [-0.1, -0.05) is 30.3 Å². The minimum atomic E-state index is -1.10. The van der Waals surface area contributed by atoms with Crippen LogP contribution in [-0.2, 0) is 9.59 Å². The number of aliphatic carboxylic acids is 1. The maximum atomic E-state index is 11.5. The molecule has 0 aliphatic rings. The fourth-order valence-corrected chi connectivity index (χ4v) is 1.59. The van der Waals surface area contributed by atoms with Crippen molar-refractivity contribution in [3.8, 4) is 0 Å². The van der Waals surface area contributed by atoms with Crippen LogP contribution >= 0.6 is 0 Å². The second-order valence-corrected chi connectivity index (χ2v) is 3.66. The Morgan fingerprint density at radius 2 is 1.88 bits per heavy atom. The summed E-state index contributed by atoms with van der Waals surface area (Å²) in [5, 5.41) is 17.6. The number of hydrogen-bond donors (Lipinski definition) is 2. The van der Waals surface area contributed by atoms with Crippen molar-refractivity contribution in [3.05, 3.63) is 35.9 Å². The van der Waals surface area contributed by atoms with Gasteiger partial charge in [0.15, 0.2) is 0 Å². The number of amides is 1. The minimum Gasteiger partial charge on any atom is -0.480 e. The number of carbonyl (C=O) groups is 2. The van der Waals surface area contributed by atoms with Crippen LogP contribution in [0.5, 0.6) is 0 Å². The molecule has 1 amide bonds. The van der Waals surface area contributed by atoms with Crippen molar-refractivity contribution in [2.24, 2.45) is 0 Å². The van der Waals surface area contributed by atoms with Gasteiger partial charge in [0.25, 0.3) is 0 Å². The standard InChI is InChI=1S/C12H15NO4/c1-9(10-5-3-2-4-6-10)13(7-12(16)17)11(15)8-14/h2-6,9,14H,7-8H2,1H3,(H,16,17). The lowest BCUT2D eigenvalue weighted by Crippen LogP contribution is -2.39. The summed E-state index contributed by atoms with van der Waals surface area (Å²) in [6.45, 7) is 0.617. The van der Waals surface area contributed by atoms with Crippen LogP contribution in [0.4, 0.5) is 0 Å². The predicted octanol–water partition coefficient (Wildman–Crippen LogP) is 0.653. The van der Waals surface area contributed by atoms with Crippen LogP contribution in [-0.4, -0.2) is 40.1 Å². The van der Waals surface area contributed by atoms with Crippen molar-refractivity contribution in [2.75, 3.05) is 13.2 Å². The first-order valence-corrected chi connectivity index (χ1v) is 5.23. The molecule has 0 heterocycles. The normalized spacial score (nSPS) is 11.9. The summed E-state index contributed by atoms with van der Waals surface area (Å²) in [5.41, 5.74) is 0.829. The summed E-state index contributed by atoms with van der Waals surface area (Å²) in [6, 6.07) is 8.70. The van der Waals surface area contributed by atoms with Gasteiger partial charge in [0.2, 0.25) is 5.91 Å². The van der Waals surface area contributed by atoms with Crippen LogP contribution in [0.15, 0.2) is 30.3 Å². The highest BCUT2D eigenvalue weighted by atomic mass is 16.4. The minimum absolute atomic E-state index is 0.382. The number of carboxylic acids is 1. The maximum Gasteiger partial charge on any atom is 0.323 e. The maximum absolute atomic E-state index is 11.5. The SMILES string of the molecule is CC(c1ccccc1)N(CC(=O)O)C(=O)CO. The third-order valence-corrected chi connectivity index (χ3v) is 2.51. The van der Waals surface area contributed by atoms with Gasteiger partial charge < -0.3 is 15.1 Å². The largest absolute Gasteiger partial charge is 0.480 e. The van der Waals surface area contributed by atoms with Gasteiger partial charge in [-0.3, -0.25) is 9.59 Å². The predicted molar refractivity (Wildman–Crippen MR) is 61.3 cm³/mol.